The van der Waals surface area contributed by atoms with Crippen molar-refractivity contribution in [2.45, 2.75) is 6.92 Å². The second kappa shape index (κ2) is 5.05. The van der Waals surface area contributed by atoms with E-state index < -0.39 is 0 Å². The average Bonchev–Trinajstić information content (AvgIpc) is 2.77. The van der Waals surface area contributed by atoms with Gasteiger partial charge in [0.25, 0.3) is 0 Å². The zero-order valence-electron chi connectivity index (χ0n) is 9.29. The SMILES string of the molecule is Cc1cc(N(C(=O)C[S])c2ccccc2)no1. The number of anilines is 2. The topological polar surface area (TPSA) is 46.3 Å². The van der Waals surface area contributed by atoms with Crippen LogP contribution in [0.3, 0.4) is 0 Å². The summed E-state index contributed by atoms with van der Waals surface area (Å²) in [6.07, 6.45) is 0. The molecule has 17 heavy (non-hydrogen) atoms. The maximum Gasteiger partial charge on any atom is 0.243 e. The molecule has 0 atom stereocenters. The Morgan fingerprint density at radius 1 is 1.41 bits per heavy atom. The van der Waals surface area contributed by atoms with E-state index in [0.717, 1.165) is 5.69 Å². The molecule has 0 unspecified atom stereocenters. The van der Waals surface area contributed by atoms with Crippen LogP contribution in [-0.4, -0.2) is 16.8 Å². The zero-order chi connectivity index (χ0) is 12.3. The number of amides is 1. The van der Waals surface area contributed by atoms with Crippen molar-refractivity contribution in [2.24, 2.45) is 0 Å². The molecule has 0 fully saturated rings. The molecule has 0 spiro atoms. The second-order valence-corrected chi connectivity index (χ2v) is 3.79. The van der Waals surface area contributed by atoms with Gasteiger partial charge in [-0.25, -0.2) is 0 Å². The van der Waals surface area contributed by atoms with Gasteiger partial charge >= 0.3 is 0 Å². The Kier molecular flexibility index (Phi) is 3.49. The predicted octanol–water partition coefficient (Wildman–Crippen LogP) is 2.85. The van der Waals surface area contributed by atoms with Gasteiger partial charge in [-0.15, -0.1) is 0 Å². The average molecular weight is 247 g/mol. The van der Waals surface area contributed by atoms with Crippen molar-refractivity contribution in [1.82, 2.24) is 5.16 Å². The molecule has 0 aliphatic heterocycles. The first-order valence-corrected chi connectivity index (χ1v) is 5.69. The number of para-hydroxylation sites is 1. The van der Waals surface area contributed by atoms with Crippen LogP contribution in [0.1, 0.15) is 5.76 Å². The van der Waals surface area contributed by atoms with E-state index in [-0.39, 0.29) is 11.7 Å². The Bertz CT molecular complexity index is 510. The third-order valence-electron chi connectivity index (χ3n) is 2.23. The Morgan fingerprint density at radius 3 is 2.65 bits per heavy atom. The Hall–Kier alpha value is -1.75. The van der Waals surface area contributed by atoms with Gasteiger partial charge in [-0.3, -0.25) is 9.69 Å². The van der Waals surface area contributed by atoms with Crippen molar-refractivity contribution >= 4 is 30.0 Å². The third kappa shape index (κ3) is 2.50. The lowest BCUT2D eigenvalue weighted by molar-refractivity contribution is -0.115. The van der Waals surface area contributed by atoms with Gasteiger partial charge in [0, 0.05) is 6.07 Å². The number of benzene rings is 1. The summed E-state index contributed by atoms with van der Waals surface area (Å²) in [6.45, 7) is 1.78. The number of hydrogen-bond acceptors (Lipinski definition) is 3. The van der Waals surface area contributed by atoms with Crippen molar-refractivity contribution in [3.63, 3.8) is 0 Å². The first kappa shape index (κ1) is 11.7. The third-order valence-corrected chi connectivity index (χ3v) is 2.48. The molecule has 0 saturated heterocycles. The van der Waals surface area contributed by atoms with E-state index in [1.54, 1.807) is 13.0 Å². The molecular formula is C12H11N2O2S. The number of hydrogen-bond donors (Lipinski definition) is 0. The van der Waals surface area contributed by atoms with Gasteiger partial charge in [0.2, 0.25) is 5.91 Å². The lowest BCUT2D eigenvalue weighted by Crippen LogP contribution is -2.27. The van der Waals surface area contributed by atoms with E-state index in [4.69, 9.17) is 17.2 Å². The maximum atomic E-state index is 11.9. The molecule has 0 saturated carbocycles. The molecule has 0 aliphatic rings. The number of carbonyl (C=O) groups excluding carboxylic acids is 1. The van der Waals surface area contributed by atoms with E-state index in [1.165, 1.54) is 4.90 Å². The van der Waals surface area contributed by atoms with Crippen LogP contribution in [0.2, 0.25) is 0 Å². The summed E-state index contributed by atoms with van der Waals surface area (Å²) in [6, 6.07) is 10.9. The predicted molar refractivity (Wildman–Crippen MR) is 67.3 cm³/mol. The molecule has 0 N–H and O–H groups in total. The van der Waals surface area contributed by atoms with Crippen LogP contribution < -0.4 is 4.90 Å². The molecule has 2 rings (SSSR count). The quantitative estimate of drug-likeness (QED) is 0.837. The molecule has 1 amide bonds. The largest absolute Gasteiger partial charge is 0.360 e. The summed E-state index contributed by atoms with van der Waals surface area (Å²) in [5.74, 6) is 0.919. The van der Waals surface area contributed by atoms with Gasteiger partial charge in [-0.1, -0.05) is 36.0 Å². The van der Waals surface area contributed by atoms with Crippen molar-refractivity contribution in [2.75, 3.05) is 10.7 Å². The zero-order valence-corrected chi connectivity index (χ0v) is 10.1. The van der Waals surface area contributed by atoms with Crippen molar-refractivity contribution < 1.29 is 9.32 Å². The minimum atomic E-state index is -0.195. The number of aromatic nitrogens is 1. The summed E-state index contributed by atoms with van der Waals surface area (Å²) in [7, 11) is 0. The highest BCUT2D eigenvalue weighted by molar-refractivity contribution is 7.81. The van der Waals surface area contributed by atoms with Gasteiger partial charge in [0.1, 0.15) is 5.76 Å². The molecule has 1 heterocycles. The molecule has 87 valence electrons. The lowest BCUT2D eigenvalue weighted by Gasteiger charge is -2.18. The van der Waals surface area contributed by atoms with E-state index in [1.807, 2.05) is 30.3 Å². The fraction of sp³-hybridized carbons (Fsp3) is 0.167. The van der Waals surface area contributed by atoms with E-state index >= 15 is 0 Å². The molecule has 0 bridgehead atoms. The highest BCUT2D eigenvalue weighted by Gasteiger charge is 2.19. The van der Waals surface area contributed by atoms with Gasteiger partial charge in [-0.05, 0) is 19.1 Å². The summed E-state index contributed by atoms with van der Waals surface area (Å²) in [5.41, 5.74) is 0.732. The summed E-state index contributed by atoms with van der Waals surface area (Å²) in [4.78, 5) is 13.3. The van der Waals surface area contributed by atoms with Crippen LogP contribution in [0.5, 0.6) is 0 Å². The van der Waals surface area contributed by atoms with Crippen molar-refractivity contribution in [3.05, 3.63) is 42.2 Å². The summed E-state index contributed by atoms with van der Waals surface area (Å²) < 4.78 is 4.98. The van der Waals surface area contributed by atoms with Crippen LogP contribution in [0.25, 0.3) is 0 Å². The highest BCUT2D eigenvalue weighted by Crippen LogP contribution is 2.24. The van der Waals surface area contributed by atoms with Crippen LogP contribution in [0.4, 0.5) is 11.5 Å². The lowest BCUT2D eigenvalue weighted by atomic mass is 10.3. The Morgan fingerprint density at radius 2 is 2.12 bits per heavy atom. The summed E-state index contributed by atoms with van der Waals surface area (Å²) >= 11 is 4.81. The van der Waals surface area contributed by atoms with Crippen LogP contribution >= 0.6 is 12.6 Å². The van der Waals surface area contributed by atoms with E-state index in [0.29, 0.717) is 11.6 Å². The second-order valence-electron chi connectivity index (χ2n) is 3.50. The molecule has 0 aliphatic carbocycles. The summed E-state index contributed by atoms with van der Waals surface area (Å²) in [5, 5.41) is 3.85. The number of rotatable bonds is 3. The maximum absolute atomic E-state index is 11.9. The molecule has 5 heteroatoms. The smallest absolute Gasteiger partial charge is 0.243 e. The van der Waals surface area contributed by atoms with Crippen molar-refractivity contribution in [3.8, 4) is 0 Å². The number of nitrogens with zero attached hydrogens (tertiary/aromatic N) is 2. The normalized spacial score (nSPS) is 10.2. The van der Waals surface area contributed by atoms with Gasteiger partial charge in [-0.2, -0.15) is 0 Å². The number of carbonyl (C=O) groups is 1. The number of aryl methyl sites for hydroxylation is 1. The minimum absolute atomic E-state index is 0.000796. The van der Waals surface area contributed by atoms with Gasteiger partial charge in [0.15, 0.2) is 5.82 Å². The minimum Gasteiger partial charge on any atom is -0.360 e. The standard InChI is InChI=1S/C12H11N2O2S/c1-9-7-11(13-16-9)14(12(15)8-17)10-5-3-2-4-6-10/h2-7H,8H2,1H3. The van der Waals surface area contributed by atoms with Crippen LogP contribution in [-0.2, 0) is 4.79 Å². The first-order chi connectivity index (χ1) is 8.22. The fourth-order valence-electron chi connectivity index (χ4n) is 1.50. The molecule has 1 aromatic heterocycles. The molecule has 2 aromatic rings. The van der Waals surface area contributed by atoms with Gasteiger partial charge in [0.05, 0.1) is 11.4 Å². The van der Waals surface area contributed by atoms with Crippen molar-refractivity contribution in [1.29, 1.82) is 0 Å². The van der Waals surface area contributed by atoms with E-state index in [9.17, 15) is 4.79 Å². The Balaban J connectivity index is 2.42. The molecular weight excluding hydrogens is 236 g/mol. The molecule has 4 nitrogen and oxygen atoms in total. The first-order valence-electron chi connectivity index (χ1n) is 5.12. The van der Waals surface area contributed by atoms with E-state index in [2.05, 4.69) is 5.16 Å². The molecule has 1 aromatic carbocycles. The monoisotopic (exact) mass is 247 g/mol. The highest BCUT2D eigenvalue weighted by atomic mass is 32.1. The van der Waals surface area contributed by atoms with Gasteiger partial charge < -0.3 is 4.52 Å². The van der Waals surface area contributed by atoms with Crippen LogP contribution in [0.15, 0.2) is 40.9 Å². The molecule has 1 radical (unpaired) electrons. The Labute approximate surface area is 105 Å². The fourth-order valence-corrected chi connectivity index (χ4v) is 1.63. The van der Waals surface area contributed by atoms with Crippen LogP contribution in [0, 0.1) is 6.92 Å².